The van der Waals surface area contributed by atoms with Crippen molar-refractivity contribution in [2.24, 2.45) is 4.99 Å². The molecule has 0 saturated carbocycles. The maximum absolute atomic E-state index is 11.2. The molecule has 1 amide bonds. The first-order chi connectivity index (χ1) is 12.7. The van der Waals surface area contributed by atoms with Gasteiger partial charge >= 0.3 is 0 Å². The molecule has 3 rings (SSSR count). The van der Waals surface area contributed by atoms with Gasteiger partial charge in [0.05, 0.1) is 13.2 Å². The van der Waals surface area contributed by atoms with Crippen molar-refractivity contribution in [3.8, 4) is 5.88 Å². The fourth-order valence-corrected chi connectivity index (χ4v) is 3.02. The minimum absolute atomic E-state index is 0. The molecule has 2 fully saturated rings. The van der Waals surface area contributed by atoms with E-state index in [9.17, 15) is 4.79 Å². The van der Waals surface area contributed by atoms with E-state index in [1.807, 2.05) is 12.1 Å². The van der Waals surface area contributed by atoms with E-state index in [1.165, 1.54) is 0 Å². The van der Waals surface area contributed by atoms with Crippen molar-refractivity contribution < 1.29 is 14.3 Å². The van der Waals surface area contributed by atoms with Crippen LogP contribution >= 0.6 is 24.0 Å². The van der Waals surface area contributed by atoms with Crippen LogP contribution in [0.5, 0.6) is 5.88 Å². The predicted octanol–water partition coefficient (Wildman–Crippen LogP) is 1.20. The Kier molecular flexibility index (Phi) is 9.05. The van der Waals surface area contributed by atoms with Crippen molar-refractivity contribution in [1.29, 1.82) is 0 Å². The van der Waals surface area contributed by atoms with Crippen LogP contribution in [0.1, 0.15) is 31.2 Å². The van der Waals surface area contributed by atoms with Crippen molar-refractivity contribution in [1.82, 2.24) is 20.9 Å². The van der Waals surface area contributed by atoms with Crippen molar-refractivity contribution in [3.63, 3.8) is 0 Å². The number of halogens is 1. The first-order valence-corrected chi connectivity index (χ1v) is 9.16. The number of carbonyl (C=O) groups is 1. The topological polar surface area (TPSA) is 96.9 Å². The van der Waals surface area contributed by atoms with Gasteiger partial charge in [0.2, 0.25) is 11.8 Å². The summed E-state index contributed by atoms with van der Waals surface area (Å²) in [7, 11) is 1.74. The molecule has 1 aromatic heterocycles. The van der Waals surface area contributed by atoms with Gasteiger partial charge in [-0.25, -0.2) is 4.98 Å². The highest BCUT2D eigenvalue weighted by Crippen LogP contribution is 2.16. The van der Waals surface area contributed by atoms with Crippen LogP contribution in [0, 0.1) is 0 Å². The first-order valence-electron chi connectivity index (χ1n) is 9.16. The molecule has 3 N–H and O–H groups in total. The van der Waals surface area contributed by atoms with Crippen molar-refractivity contribution in [2.45, 2.75) is 44.4 Å². The Morgan fingerprint density at radius 3 is 2.93 bits per heavy atom. The highest BCUT2D eigenvalue weighted by Gasteiger charge is 2.19. The van der Waals surface area contributed by atoms with Gasteiger partial charge in [-0.2, -0.15) is 0 Å². The van der Waals surface area contributed by atoms with E-state index < -0.39 is 0 Å². The zero-order chi connectivity index (χ0) is 18.2. The Labute approximate surface area is 176 Å². The van der Waals surface area contributed by atoms with Gasteiger partial charge in [0, 0.05) is 57.7 Å². The standard InChI is InChI=1S/C18H27N5O3.HI/c1-19-18(23-14-2-3-16(24)21-12-14)22-11-13-4-7-20-17(10-13)26-15-5-8-25-9-6-15;/h4,7,10,14-15H,2-3,5-6,8-9,11-12H2,1H3,(H,21,24)(H2,19,22,23);1H. The summed E-state index contributed by atoms with van der Waals surface area (Å²) in [5.41, 5.74) is 1.07. The van der Waals surface area contributed by atoms with Crippen LogP contribution in [-0.2, 0) is 16.1 Å². The third-order valence-corrected chi connectivity index (χ3v) is 4.54. The fraction of sp³-hybridized carbons (Fsp3) is 0.611. The monoisotopic (exact) mass is 489 g/mol. The third kappa shape index (κ3) is 7.13. The van der Waals surface area contributed by atoms with E-state index in [1.54, 1.807) is 13.2 Å². The lowest BCUT2D eigenvalue weighted by atomic mass is 10.1. The average molecular weight is 489 g/mol. The zero-order valence-electron chi connectivity index (χ0n) is 15.6. The Morgan fingerprint density at radius 1 is 1.41 bits per heavy atom. The van der Waals surface area contributed by atoms with E-state index in [4.69, 9.17) is 9.47 Å². The van der Waals surface area contributed by atoms with Gasteiger partial charge in [0.1, 0.15) is 6.10 Å². The molecule has 2 saturated heterocycles. The summed E-state index contributed by atoms with van der Waals surface area (Å²) in [5, 5.41) is 9.50. The Morgan fingerprint density at radius 2 is 2.22 bits per heavy atom. The van der Waals surface area contributed by atoms with Gasteiger partial charge in [-0.15, -0.1) is 24.0 Å². The molecule has 8 nitrogen and oxygen atoms in total. The Bertz CT molecular complexity index is 627. The molecule has 150 valence electrons. The molecule has 3 heterocycles. The minimum Gasteiger partial charge on any atom is -0.474 e. The fourth-order valence-electron chi connectivity index (χ4n) is 3.02. The number of ether oxygens (including phenoxy) is 2. The maximum atomic E-state index is 11.2. The number of hydrogen-bond acceptors (Lipinski definition) is 5. The summed E-state index contributed by atoms with van der Waals surface area (Å²) in [6, 6.07) is 4.11. The maximum Gasteiger partial charge on any atom is 0.220 e. The molecule has 0 spiro atoms. The molecule has 1 aromatic rings. The van der Waals surface area contributed by atoms with Gasteiger partial charge in [0.15, 0.2) is 5.96 Å². The summed E-state index contributed by atoms with van der Waals surface area (Å²) in [6.45, 7) is 2.73. The quantitative estimate of drug-likeness (QED) is 0.327. The number of piperidine rings is 1. The van der Waals surface area contributed by atoms with E-state index in [0.717, 1.165) is 44.0 Å². The van der Waals surface area contributed by atoms with Gasteiger partial charge in [-0.05, 0) is 18.1 Å². The second kappa shape index (κ2) is 11.3. The molecule has 2 aliphatic rings. The van der Waals surface area contributed by atoms with Crippen LogP contribution in [0.3, 0.4) is 0 Å². The van der Waals surface area contributed by atoms with Crippen molar-refractivity contribution >= 4 is 35.8 Å². The lowest BCUT2D eigenvalue weighted by Gasteiger charge is -2.25. The van der Waals surface area contributed by atoms with E-state index in [0.29, 0.717) is 25.4 Å². The normalized spacial score (nSPS) is 21.0. The summed E-state index contributed by atoms with van der Waals surface area (Å²) in [4.78, 5) is 19.8. The SMILES string of the molecule is CN=C(NCc1ccnc(OC2CCOCC2)c1)NC1CCC(=O)NC1.I. The number of carbonyl (C=O) groups excluding carboxylic acids is 1. The lowest BCUT2D eigenvalue weighted by Crippen LogP contribution is -2.51. The number of aromatic nitrogens is 1. The Balaban J connectivity index is 0.00000261. The second-order valence-corrected chi connectivity index (χ2v) is 6.54. The molecular formula is C18H28IN5O3. The number of nitrogens with one attached hydrogen (secondary N) is 3. The molecule has 0 aliphatic carbocycles. The summed E-state index contributed by atoms with van der Waals surface area (Å²) >= 11 is 0. The van der Waals surface area contributed by atoms with Gasteiger partial charge in [-0.3, -0.25) is 9.79 Å². The van der Waals surface area contributed by atoms with E-state index in [2.05, 4.69) is 25.9 Å². The molecule has 0 radical (unpaired) electrons. The molecule has 27 heavy (non-hydrogen) atoms. The number of aliphatic imine (C=N–C) groups is 1. The molecule has 2 aliphatic heterocycles. The van der Waals surface area contributed by atoms with Crippen molar-refractivity contribution in [2.75, 3.05) is 26.8 Å². The average Bonchev–Trinajstić information content (AvgIpc) is 2.68. The lowest BCUT2D eigenvalue weighted by molar-refractivity contribution is -0.122. The molecule has 0 aromatic carbocycles. The number of pyridine rings is 1. The number of rotatable bonds is 5. The molecule has 9 heteroatoms. The van der Waals surface area contributed by atoms with Crippen molar-refractivity contribution in [3.05, 3.63) is 23.9 Å². The summed E-state index contributed by atoms with van der Waals surface area (Å²) in [6.07, 6.45) is 5.10. The van der Waals surface area contributed by atoms with Crippen LogP contribution in [0.2, 0.25) is 0 Å². The number of guanidine groups is 1. The number of hydrogen-bond donors (Lipinski definition) is 3. The number of amides is 1. The van der Waals surface area contributed by atoms with Crippen LogP contribution in [0.15, 0.2) is 23.3 Å². The van der Waals surface area contributed by atoms with E-state index >= 15 is 0 Å². The van der Waals surface area contributed by atoms with Gasteiger partial charge in [0.25, 0.3) is 0 Å². The predicted molar refractivity (Wildman–Crippen MR) is 113 cm³/mol. The Hall–Kier alpha value is -1.62. The molecule has 1 atom stereocenters. The molecule has 0 bridgehead atoms. The summed E-state index contributed by atoms with van der Waals surface area (Å²) in [5.74, 6) is 1.48. The molecular weight excluding hydrogens is 461 g/mol. The highest BCUT2D eigenvalue weighted by molar-refractivity contribution is 14.0. The smallest absolute Gasteiger partial charge is 0.220 e. The van der Waals surface area contributed by atoms with Crippen LogP contribution in [0.4, 0.5) is 0 Å². The van der Waals surface area contributed by atoms with Gasteiger partial charge in [-0.1, -0.05) is 0 Å². The van der Waals surface area contributed by atoms with E-state index in [-0.39, 0.29) is 42.0 Å². The first kappa shape index (κ1) is 21.7. The largest absolute Gasteiger partial charge is 0.474 e. The third-order valence-electron chi connectivity index (χ3n) is 4.54. The van der Waals surface area contributed by atoms with Crippen LogP contribution < -0.4 is 20.7 Å². The zero-order valence-corrected chi connectivity index (χ0v) is 17.9. The highest BCUT2D eigenvalue weighted by atomic mass is 127. The summed E-state index contributed by atoms with van der Waals surface area (Å²) < 4.78 is 11.3. The number of nitrogens with zero attached hydrogens (tertiary/aromatic N) is 2. The molecule has 1 unspecified atom stereocenters. The van der Waals surface area contributed by atoms with Gasteiger partial charge < -0.3 is 25.4 Å². The van der Waals surface area contributed by atoms with Crippen LogP contribution in [-0.4, -0.2) is 55.8 Å². The minimum atomic E-state index is 0. The second-order valence-electron chi connectivity index (χ2n) is 6.54. The van der Waals surface area contributed by atoms with Crippen LogP contribution in [0.25, 0.3) is 0 Å².